The Morgan fingerprint density at radius 1 is 1.12 bits per heavy atom. The summed E-state index contributed by atoms with van der Waals surface area (Å²) in [5.41, 5.74) is 1.13. The second-order valence-corrected chi connectivity index (χ2v) is 5.68. The number of rotatable bonds is 8. The number of carbonyl (C=O) groups excluding carboxylic acids is 2. The Morgan fingerprint density at radius 2 is 1.83 bits per heavy atom. The lowest BCUT2D eigenvalue weighted by Gasteiger charge is -2.26. The maximum atomic E-state index is 11.7. The van der Waals surface area contributed by atoms with E-state index in [0.29, 0.717) is 12.3 Å². The minimum Gasteiger partial charge on any atom is -0.484 e. The molecule has 1 saturated heterocycles. The molecule has 0 radical (unpaired) electrons. The molecular formula is C17H25N3O4. The fourth-order valence-electron chi connectivity index (χ4n) is 2.25. The van der Waals surface area contributed by atoms with Crippen molar-refractivity contribution in [3.8, 4) is 5.75 Å². The van der Waals surface area contributed by atoms with Gasteiger partial charge in [-0.3, -0.25) is 14.5 Å². The second kappa shape index (κ2) is 9.89. The van der Waals surface area contributed by atoms with Crippen molar-refractivity contribution in [2.75, 3.05) is 52.5 Å². The van der Waals surface area contributed by atoms with Crippen LogP contribution in [0.2, 0.25) is 0 Å². The Kier molecular flexibility index (Phi) is 7.51. The molecule has 0 spiro atoms. The Balaban J connectivity index is 1.53. The van der Waals surface area contributed by atoms with Crippen molar-refractivity contribution >= 4 is 11.8 Å². The van der Waals surface area contributed by atoms with E-state index in [1.165, 1.54) is 0 Å². The van der Waals surface area contributed by atoms with Gasteiger partial charge >= 0.3 is 0 Å². The summed E-state index contributed by atoms with van der Waals surface area (Å²) in [4.78, 5) is 25.6. The summed E-state index contributed by atoms with van der Waals surface area (Å²) >= 11 is 0. The van der Waals surface area contributed by atoms with E-state index in [1.807, 2.05) is 19.1 Å². The number of carbonyl (C=O) groups is 2. The number of nitrogens with zero attached hydrogens (tertiary/aromatic N) is 1. The topological polar surface area (TPSA) is 79.9 Å². The number of amides is 2. The molecule has 1 aromatic rings. The minimum absolute atomic E-state index is 0.0425. The zero-order valence-corrected chi connectivity index (χ0v) is 14.0. The van der Waals surface area contributed by atoms with Gasteiger partial charge in [-0.05, 0) is 19.1 Å². The second-order valence-electron chi connectivity index (χ2n) is 5.68. The molecule has 1 fully saturated rings. The normalized spacial score (nSPS) is 14.9. The highest BCUT2D eigenvalue weighted by atomic mass is 16.5. The minimum atomic E-state index is -0.320. The largest absolute Gasteiger partial charge is 0.484 e. The van der Waals surface area contributed by atoms with Gasteiger partial charge in [0.25, 0.3) is 5.91 Å². The van der Waals surface area contributed by atoms with Crippen LogP contribution >= 0.6 is 0 Å². The van der Waals surface area contributed by atoms with Crippen molar-refractivity contribution in [1.82, 2.24) is 15.5 Å². The molecular weight excluding hydrogens is 310 g/mol. The van der Waals surface area contributed by atoms with Gasteiger partial charge < -0.3 is 20.1 Å². The molecule has 7 nitrogen and oxygen atoms in total. The smallest absolute Gasteiger partial charge is 0.258 e. The first-order valence-corrected chi connectivity index (χ1v) is 8.16. The fourth-order valence-corrected chi connectivity index (χ4v) is 2.25. The molecule has 1 aromatic carbocycles. The third-order valence-electron chi connectivity index (χ3n) is 3.69. The van der Waals surface area contributed by atoms with E-state index in [-0.39, 0.29) is 25.0 Å². The monoisotopic (exact) mass is 335 g/mol. The summed E-state index contributed by atoms with van der Waals surface area (Å²) in [6, 6.07) is 7.44. The summed E-state index contributed by atoms with van der Waals surface area (Å²) in [6.07, 6.45) is 0. The first-order chi connectivity index (χ1) is 11.6. The highest BCUT2D eigenvalue weighted by molar-refractivity contribution is 5.85. The third-order valence-corrected chi connectivity index (χ3v) is 3.69. The first kappa shape index (κ1) is 18.2. The predicted octanol–water partition coefficient (Wildman–Crippen LogP) is -0.0616. The molecule has 1 aliphatic heterocycles. The Labute approximate surface area is 142 Å². The maximum absolute atomic E-state index is 11.7. The standard InChI is InChI=1S/C17H25N3O4/c1-14-2-4-15(5-3-14)24-13-17(22)19-12-16(21)18-6-7-20-8-10-23-11-9-20/h2-5H,6-13H2,1H3,(H,18,21)(H,19,22). The number of hydrogen-bond donors (Lipinski definition) is 2. The quantitative estimate of drug-likeness (QED) is 0.696. The van der Waals surface area contributed by atoms with Crippen LogP contribution in [0.25, 0.3) is 0 Å². The van der Waals surface area contributed by atoms with Gasteiger partial charge in [0.1, 0.15) is 5.75 Å². The molecule has 0 atom stereocenters. The van der Waals surface area contributed by atoms with Gasteiger partial charge in [-0.1, -0.05) is 17.7 Å². The van der Waals surface area contributed by atoms with Gasteiger partial charge in [-0.2, -0.15) is 0 Å². The van der Waals surface area contributed by atoms with Crippen LogP contribution < -0.4 is 15.4 Å². The van der Waals surface area contributed by atoms with Crippen molar-refractivity contribution in [3.63, 3.8) is 0 Å². The van der Waals surface area contributed by atoms with Crippen LogP contribution in [0.15, 0.2) is 24.3 Å². The summed E-state index contributed by atoms with van der Waals surface area (Å²) in [5, 5.41) is 5.33. The van der Waals surface area contributed by atoms with Crippen LogP contribution in [-0.4, -0.2) is 69.3 Å². The highest BCUT2D eigenvalue weighted by Gasteiger charge is 2.10. The average Bonchev–Trinajstić information content (AvgIpc) is 2.60. The van der Waals surface area contributed by atoms with Crippen LogP contribution in [0.4, 0.5) is 0 Å². The number of ether oxygens (including phenoxy) is 2. The first-order valence-electron chi connectivity index (χ1n) is 8.16. The van der Waals surface area contributed by atoms with Crippen LogP contribution in [0.1, 0.15) is 5.56 Å². The van der Waals surface area contributed by atoms with Crippen LogP contribution in [0, 0.1) is 6.92 Å². The molecule has 2 amide bonds. The zero-order chi connectivity index (χ0) is 17.2. The molecule has 0 bridgehead atoms. The Morgan fingerprint density at radius 3 is 2.54 bits per heavy atom. The molecule has 7 heteroatoms. The van der Waals surface area contributed by atoms with Crippen molar-refractivity contribution in [1.29, 1.82) is 0 Å². The summed E-state index contributed by atoms with van der Waals surface area (Å²) in [6.45, 7) is 6.45. The number of aryl methyl sites for hydroxylation is 1. The zero-order valence-electron chi connectivity index (χ0n) is 14.0. The summed E-state index contributed by atoms with van der Waals surface area (Å²) < 4.78 is 10.6. The highest BCUT2D eigenvalue weighted by Crippen LogP contribution is 2.10. The van der Waals surface area contributed by atoms with Gasteiger partial charge in [0.2, 0.25) is 5.91 Å². The number of morpholine rings is 1. The van der Waals surface area contributed by atoms with Gasteiger partial charge in [-0.25, -0.2) is 0 Å². The number of nitrogens with one attached hydrogen (secondary N) is 2. The predicted molar refractivity (Wildman–Crippen MR) is 90.0 cm³/mol. The molecule has 0 unspecified atom stereocenters. The van der Waals surface area contributed by atoms with Crippen LogP contribution in [-0.2, 0) is 14.3 Å². The van der Waals surface area contributed by atoms with E-state index in [9.17, 15) is 9.59 Å². The van der Waals surface area contributed by atoms with Crippen LogP contribution in [0.5, 0.6) is 5.75 Å². The maximum Gasteiger partial charge on any atom is 0.258 e. The van der Waals surface area contributed by atoms with Crippen LogP contribution in [0.3, 0.4) is 0 Å². The molecule has 1 heterocycles. The average molecular weight is 335 g/mol. The Bertz CT molecular complexity index is 527. The van der Waals surface area contributed by atoms with Crippen molar-refractivity contribution < 1.29 is 19.1 Å². The SMILES string of the molecule is Cc1ccc(OCC(=O)NCC(=O)NCCN2CCOCC2)cc1. The molecule has 2 rings (SSSR count). The lowest BCUT2D eigenvalue weighted by molar-refractivity contribution is -0.127. The van der Waals surface area contributed by atoms with Crippen molar-refractivity contribution in [3.05, 3.63) is 29.8 Å². The lowest BCUT2D eigenvalue weighted by Crippen LogP contribution is -2.44. The molecule has 24 heavy (non-hydrogen) atoms. The number of benzene rings is 1. The summed E-state index contributed by atoms with van der Waals surface area (Å²) in [7, 11) is 0. The molecule has 132 valence electrons. The third kappa shape index (κ3) is 6.97. The van der Waals surface area contributed by atoms with E-state index in [0.717, 1.165) is 38.4 Å². The van der Waals surface area contributed by atoms with E-state index >= 15 is 0 Å². The Hall–Kier alpha value is -2.12. The van der Waals surface area contributed by atoms with E-state index in [2.05, 4.69) is 15.5 Å². The summed E-state index contributed by atoms with van der Waals surface area (Å²) in [5.74, 6) is 0.108. The molecule has 2 N–H and O–H groups in total. The molecule has 0 aromatic heterocycles. The van der Waals surface area contributed by atoms with Gasteiger partial charge in [0.15, 0.2) is 6.61 Å². The van der Waals surface area contributed by atoms with E-state index in [1.54, 1.807) is 12.1 Å². The molecule has 1 aliphatic rings. The van der Waals surface area contributed by atoms with Crippen molar-refractivity contribution in [2.24, 2.45) is 0 Å². The van der Waals surface area contributed by atoms with Gasteiger partial charge in [-0.15, -0.1) is 0 Å². The van der Waals surface area contributed by atoms with Gasteiger partial charge in [0, 0.05) is 26.2 Å². The van der Waals surface area contributed by atoms with Crippen molar-refractivity contribution in [2.45, 2.75) is 6.92 Å². The van der Waals surface area contributed by atoms with E-state index < -0.39 is 0 Å². The molecule has 0 saturated carbocycles. The van der Waals surface area contributed by atoms with E-state index in [4.69, 9.17) is 9.47 Å². The van der Waals surface area contributed by atoms with Gasteiger partial charge in [0.05, 0.1) is 19.8 Å². The number of hydrogen-bond acceptors (Lipinski definition) is 5. The lowest BCUT2D eigenvalue weighted by atomic mass is 10.2. The molecule has 0 aliphatic carbocycles. The fraction of sp³-hybridized carbons (Fsp3) is 0.529.